The zero-order valence-corrected chi connectivity index (χ0v) is 11.7. The minimum Gasteiger partial charge on any atom is -0.493 e. The largest absolute Gasteiger partial charge is 0.493 e. The Bertz CT molecular complexity index is 572. The van der Waals surface area contributed by atoms with Crippen molar-refractivity contribution in [3.05, 3.63) is 53.8 Å². The highest BCUT2D eigenvalue weighted by molar-refractivity contribution is 5.50. The van der Waals surface area contributed by atoms with Crippen molar-refractivity contribution in [1.82, 2.24) is 0 Å². The maximum Gasteiger partial charge on any atom is 0.166 e. The summed E-state index contributed by atoms with van der Waals surface area (Å²) in [5.41, 5.74) is 1.70. The van der Waals surface area contributed by atoms with Crippen LogP contribution in [0.3, 0.4) is 0 Å². The molecule has 0 saturated heterocycles. The molecule has 0 atom stereocenters. The lowest BCUT2D eigenvalue weighted by Crippen LogP contribution is -2.04. The summed E-state index contributed by atoms with van der Waals surface area (Å²) >= 11 is 0. The Labute approximate surface area is 118 Å². The monoisotopic (exact) mass is 275 g/mol. The Balaban J connectivity index is 2.16. The smallest absolute Gasteiger partial charge is 0.166 e. The molecule has 0 amide bonds. The molecule has 0 aliphatic carbocycles. The molecule has 0 fully saturated rings. The normalized spacial score (nSPS) is 10.2. The van der Waals surface area contributed by atoms with Gasteiger partial charge in [-0.05, 0) is 31.2 Å². The van der Waals surface area contributed by atoms with Crippen molar-refractivity contribution in [1.29, 1.82) is 0 Å². The van der Waals surface area contributed by atoms with Gasteiger partial charge >= 0.3 is 0 Å². The Kier molecular flexibility index (Phi) is 4.82. The second kappa shape index (κ2) is 6.80. The Hall–Kier alpha value is -2.23. The molecule has 0 radical (unpaired) electrons. The fourth-order valence-corrected chi connectivity index (χ4v) is 1.97. The van der Waals surface area contributed by atoms with E-state index in [1.165, 1.54) is 12.1 Å². The number of anilines is 1. The summed E-state index contributed by atoms with van der Waals surface area (Å²) in [5, 5.41) is 3.18. The summed E-state index contributed by atoms with van der Waals surface area (Å²) in [6.45, 7) is 3.03. The van der Waals surface area contributed by atoms with Gasteiger partial charge in [-0.3, -0.25) is 0 Å². The SMILES string of the molecule is CCOc1c(CNc2cccc(F)c2)cccc1OC. The lowest BCUT2D eigenvalue weighted by atomic mass is 10.1. The van der Waals surface area contributed by atoms with Gasteiger partial charge in [0.25, 0.3) is 0 Å². The van der Waals surface area contributed by atoms with Crippen molar-refractivity contribution >= 4 is 5.69 Å². The first-order valence-corrected chi connectivity index (χ1v) is 6.52. The van der Waals surface area contributed by atoms with E-state index >= 15 is 0 Å². The van der Waals surface area contributed by atoms with Crippen LogP contribution < -0.4 is 14.8 Å². The van der Waals surface area contributed by atoms with E-state index in [0.717, 1.165) is 17.0 Å². The Morgan fingerprint density at radius 3 is 2.65 bits per heavy atom. The van der Waals surface area contributed by atoms with Gasteiger partial charge in [-0.1, -0.05) is 18.2 Å². The molecule has 2 aromatic carbocycles. The summed E-state index contributed by atoms with van der Waals surface area (Å²) in [5.74, 6) is 1.16. The summed E-state index contributed by atoms with van der Waals surface area (Å²) in [6.07, 6.45) is 0. The third kappa shape index (κ3) is 3.41. The van der Waals surface area contributed by atoms with Crippen molar-refractivity contribution < 1.29 is 13.9 Å². The fraction of sp³-hybridized carbons (Fsp3) is 0.250. The van der Waals surface area contributed by atoms with E-state index in [2.05, 4.69) is 5.32 Å². The number of hydrogen-bond donors (Lipinski definition) is 1. The van der Waals surface area contributed by atoms with E-state index in [0.29, 0.717) is 18.9 Å². The van der Waals surface area contributed by atoms with Crippen LogP contribution in [0.4, 0.5) is 10.1 Å². The van der Waals surface area contributed by atoms with Gasteiger partial charge in [-0.2, -0.15) is 0 Å². The first-order chi connectivity index (χ1) is 9.74. The first-order valence-electron chi connectivity index (χ1n) is 6.52. The molecular weight excluding hydrogens is 257 g/mol. The van der Waals surface area contributed by atoms with Crippen LogP contribution in [-0.4, -0.2) is 13.7 Å². The molecular formula is C16H18FNO2. The molecule has 0 unspecified atom stereocenters. The van der Waals surface area contributed by atoms with E-state index in [1.807, 2.05) is 31.2 Å². The van der Waals surface area contributed by atoms with E-state index < -0.39 is 0 Å². The van der Waals surface area contributed by atoms with Gasteiger partial charge in [0.2, 0.25) is 0 Å². The molecule has 2 aromatic rings. The van der Waals surface area contributed by atoms with Crippen LogP contribution in [0.25, 0.3) is 0 Å². The van der Waals surface area contributed by atoms with E-state index in [1.54, 1.807) is 13.2 Å². The quantitative estimate of drug-likeness (QED) is 0.868. The van der Waals surface area contributed by atoms with Crippen molar-refractivity contribution in [3.8, 4) is 11.5 Å². The van der Waals surface area contributed by atoms with Gasteiger partial charge in [0.1, 0.15) is 5.82 Å². The number of nitrogens with one attached hydrogen (secondary N) is 1. The average molecular weight is 275 g/mol. The first kappa shape index (κ1) is 14.2. The van der Waals surface area contributed by atoms with Crippen LogP contribution in [0.5, 0.6) is 11.5 Å². The van der Waals surface area contributed by atoms with Crippen LogP contribution >= 0.6 is 0 Å². The highest BCUT2D eigenvalue weighted by Crippen LogP contribution is 2.31. The molecule has 0 spiro atoms. The average Bonchev–Trinajstić information content (AvgIpc) is 2.46. The summed E-state index contributed by atoms with van der Waals surface area (Å²) in [4.78, 5) is 0. The zero-order chi connectivity index (χ0) is 14.4. The van der Waals surface area contributed by atoms with Crippen LogP contribution in [0.15, 0.2) is 42.5 Å². The molecule has 20 heavy (non-hydrogen) atoms. The molecule has 3 nitrogen and oxygen atoms in total. The Morgan fingerprint density at radius 2 is 1.95 bits per heavy atom. The molecule has 0 bridgehead atoms. The molecule has 0 aliphatic rings. The molecule has 4 heteroatoms. The maximum absolute atomic E-state index is 13.1. The topological polar surface area (TPSA) is 30.5 Å². The second-order valence-corrected chi connectivity index (χ2v) is 4.25. The molecule has 0 aliphatic heterocycles. The van der Waals surface area contributed by atoms with Gasteiger partial charge in [-0.15, -0.1) is 0 Å². The number of para-hydroxylation sites is 1. The third-order valence-corrected chi connectivity index (χ3v) is 2.88. The molecule has 1 N–H and O–H groups in total. The lowest BCUT2D eigenvalue weighted by molar-refractivity contribution is 0.308. The molecule has 0 aromatic heterocycles. The van der Waals surface area contributed by atoms with Gasteiger partial charge in [0.15, 0.2) is 11.5 Å². The molecule has 0 saturated carbocycles. The number of benzene rings is 2. The standard InChI is InChI=1S/C16H18FNO2/c1-3-20-16-12(6-4-9-15(16)19-2)11-18-14-8-5-7-13(17)10-14/h4-10,18H,3,11H2,1-2H3. The summed E-state index contributed by atoms with van der Waals surface area (Å²) in [6, 6.07) is 12.1. The number of ether oxygens (including phenoxy) is 2. The zero-order valence-electron chi connectivity index (χ0n) is 11.7. The number of halogens is 1. The maximum atomic E-state index is 13.1. The van der Waals surface area contributed by atoms with Crippen LogP contribution in [0.2, 0.25) is 0 Å². The van der Waals surface area contributed by atoms with E-state index in [9.17, 15) is 4.39 Å². The minimum atomic E-state index is -0.259. The van der Waals surface area contributed by atoms with Gasteiger partial charge in [0, 0.05) is 17.8 Å². The lowest BCUT2D eigenvalue weighted by Gasteiger charge is -2.15. The molecule has 106 valence electrons. The van der Waals surface area contributed by atoms with E-state index in [4.69, 9.17) is 9.47 Å². The second-order valence-electron chi connectivity index (χ2n) is 4.25. The minimum absolute atomic E-state index is 0.259. The van der Waals surface area contributed by atoms with Crippen molar-refractivity contribution in [2.45, 2.75) is 13.5 Å². The van der Waals surface area contributed by atoms with Crippen molar-refractivity contribution in [2.24, 2.45) is 0 Å². The Morgan fingerprint density at radius 1 is 1.15 bits per heavy atom. The molecule has 2 rings (SSSR count). The predicted octanol–water partition coefficient (Wildman–Crippen LogP) is 3.85. The van der Waals surface area contributed by atoms with Crippen molar-refractivity contribution in [3.63, 3.8) is 0 Å². The number of hydrogen-bond acceptors (Lipinski definition) is 3. The number of rotatable bonds is 6. The molecule has 0 heterocycles. The fourth-order valence-electron chi connectivity index (χ4n) is 1.97. The van der Waals surface area contributed by atoms with Gasteiger partial charge < -0.3 is 14.8 Å². The highest BCUT2D eigenvalue weighted by atomic mass is 19.1. The number of methoxy groups -OCH3 is 1. The van der Waals surface area contributed by atoms with Crippen LogP contribution in [-0.2, 0) is 6.54 Å². The van der Waals surface area contributed by atoms with Gasteiger partial charge in [-0.25, -0.2) is 4.39 Å². The van der Waals surface area contributed by atoms with Crippen LogP contribution in [0.1, 0.15) is 12.5 Å². The third-order valence-electron chi connectivity index (χ3n) is 2.88. The van der Waals surface area contributed by atoms with Crippen molar-refractivity contribution in [2.75, 3.05) is 19.0 Å². The predicted molar refractivity (Wildman–Crippen MR) is 77.9 cm³/mol. The summed E-state index contributed by atoms with van der Waals surface area (Å²) < 4.78 is 24.1. The van der Waals surface area contributed by atoms with E-state index in [-0.39, 0.29) is 5.82 Å². The van der Waals surface area contributed by atoms with Crippen LogP contribution in [0, 0.1) is 5.82 Å². The highest BCUT2D eigenvalue weighted by Gasteiger charge is 2.09. The summed E-state index contributed by atoms with van der Waals surface area (Å²) in [7, 11) is 1.61. The van der Waals surface area contributed by atoms with Gasteiger partial charge in [0.05, 0.1) is 13.7 Å².